The van der Waals surface area contributed by atoms with Gasteiger partial charge in [-0.25, -0.2) is 0 Å². The Balaban J connectivity index is 2.74. The Kier molecular flexibility index (Phi) is 4.89. The monoisotopic (exact) mass is 204 g/mol. The number of methoxy groups -OCH3 is 1. The molecule has 0 aromatic heterocycles. The summed E-state index contributed by atoms with van der Waals surface area (Å²) in [5.41, 5.74) is 0.977. The first-order valence-electron chi connectivity index (χ1n) is 4.95. The number of aliphatic hydroxyl groups is 1. The Bertz CT molecular complexity index is 335. The molecule has 0 saturated heterocycles. The van der Waals surface area contributed by atoms with Crippen LogP contribution in [0.1, 0.15) is 25.0 Å². The van der Waals surface area contributed by atoms with Gasteiger partial charge in [0, 0.05) is 13.5 Å². The normalized spacial score (nSPS) is 13.8. The molecule has 1 aromatic carbocycles. The van der Waals surface area contributed by atoms with Crippen LogP contribution in [0, 0.1) is 11.8 Å². The minimum Gasteiger partial charge on any atom is -0.389 e. The highest BCUT2D eigenvalue weighted by molar-refractivity contribution is 5.19. The van der Waals surface area contributed by atoms with Crippen LogP contribution in [0.4, 0.5) is 0 Å². The zero-order valence-electron chi connectivity index (χ0n) is 9.10. The van der Waals surface area contributed by atoms with Gasteiger partial charge in [-0.2, -0.15) is 0 Å². The SMILES string of the molecule is CC#CCC(O)C(OC)c1ccccc1. The maximum absolute atomic E-state index is 9.87. The molecule has 0 spiro atoms. The molecule has 1 rings (SSSR count). The third kappa shape index (κ3) is 3.39. The molecule has 0 amide bonds. The summed E-state index contributed by atoms with van der Waals surface area (Å²) in [4.78, 5) is 0. The molecule has 15 heavy (non-hydrogen) atoms. The topological polar surface area (TPSA) is 29.5 Å². The predicted octanol–water partition coefficient (Wildman–Crippen LogP) is 2.15. The van der Waals surface area contributed by atoms with Crippen LogP contribution in [0.5, 0.6) is 0 Å². The van der Waals surface area contributed by atoms with E-state index in [0.717, 1.165) is 5.56 Å². The fourth-order valence-corrected chi connectivity index (χ4v) is 1.47. The Labute approximate surface area is 90.9 Å². The molecule has 2 atom stereocenters. The average Bonchev–Trinajstić information content (AvgIpc) is 2.29. The van der Waals surface area contributed by atoms with E-state index in [0.29, 0.717) is 6.42 Å². The number of aliphatic hydroxyl groups excluding tert-OH is 1. The minimum atomic E-state index is -0.579. The van der Waals surface area contributed by atoms with Crippen LogP contribution < -0.4 is 0 Å². The molecule has 1 N–H and O–H groups in total. The summed E-state index contributed by atoms with van der Waals surface area (Å²) in [6.45, 7) is 1.76. The Morgan fingerprint density at radius 3 is 2.53 bits per heavy atom. The summed E-state index contributed by atoms with van der Waals surface area (Å²) < 4.78 is 5.28. The van der Waals surface area contributed by atoms with Crippen molar-refractivity contribution in [3.05, 3.63) is 35.9 Å². The molecule has 2 unspecified atom stereocenters. The van der Waals surface area contributed by atoms with Crippen molar-refractivity contribution in [3.8, 4) is 11.8 Å². The quantitative estimate of drug-likeness (QED) is 0.761. The van der Waals surface area contributed by atoms with Crippen molar-refractivity contribution in [3.63, 3.8) is 0 Å². The molecule has 2 nitrogen and oxygen atoms in total. The first kappa shape index (κ1) is 11.8. The maximum Gasteiger partial charge on any atom is 0.109 e. The summed E-state index contributed by atoms with van der Waals surface area (Å²) in [6.07, 6.45) is -0.443. The van der Waals surface area contributed by atoms with Crippen molar-refractivity contribution < 1.29 is 9.84 Å². The van der Waals surface area contributed by atoms with Gasteiger partial charge in [0.2, 0.25) is 0 Å². The van der Waals surface area contributed by atoms with E-state index in [1.54, 1.807) is 14.0 Å². The van der Waals surface area contributed by atoms with Gasteiger partial charge in [0.15, 0.2) is 0 Å². The molecule has 0 aliphatic rings. The van der Waals surface area contributed by atoms with Gasteiger partial charge < -0.3 is 9.84 Å². The Hall–Kier alpha value is -1.30. The predicted molar refractivity (Wildman–Crippen MR) is 60.3 cm³/mol. The van der Waals surface area contributed by atoms with Crippen molar-refractivity contribution >= 4 is 0 Å². The number of hydrogen-bond acceptors (Lipinski definition) is 2. The van der Waals surface area contributed by atoms with E-state index in [-0.39, 0.29) is 6.10 Å². The molecule has 0 aliphatic carbocycles. The molecule has 1 aromatic rings. The summed E-state index contributed by atoms with van der Waals surface area (Å²) in [5, 5.41) is 9.87. The largest absolute Gasteiger partial charge is 0.389 e. The summed E-state index contributed by atoms with van der Waals surface area (Å²) >= 11 is 0. The smallest absolute Gasteiger partial charge is 0.109 e. The van der Waals surface area contributed by atoms with Gasteiger partial charge in [0.05, 0.1) is 6.10 Å². The van der Waals surface area contributed by atoms with Crippen molar-refractivity contribution in [2.24, 2.45) is 0 Å². The fraction of sp³-hybridized carbons (Fsp3) is 0.385. The first-order chi connectivity index (χ1) is 7.29. The van der Waals surface area contributed by atoms with E-state index < -0.39 is 6.10 Å². The van der Waals surface area contributed by atoms with Crippen molar-refractivity contribution in [1.82, 2.24) is 0 Å². The molecule has 0 bridgehead atoms. The zero-order valence-corrected chi connectivity index (χ0v) is 9.10. The van der Waals surface area contributed by atoms with E-state index in [4.69, 9.17) is 4.74 Å². The number of ether oxygens (including phenoxy) is 1. The van der Waals surface area contributed by atoms with Gasteiger partial charge in [-0.3, -0.25) is 0 Å². The van der Waals surface area contributed by atoms with Crippen LogP contribution in [0.25, 0.3) is 0 Å². The van der Waals surface area contributed by atoms with Gasteiger partial charge in [0.1, 0.15) is 6.10 Å². The third-order valence-electron chi connectivity index (χ3n) is 2.22. The van der Waals surface area contributed by atoms with Gasteiger partial charge in [-0.1, -0.05) is 30.3 Å². The number of hydrogen-bond donors (Lipinski definition) is 1. The summed E-state index contributed by atoms with van der Waals surface area (Å²) in [6, 6.07) is 9.68. The molecule has 0 saturated carbocycles. The fourth-order valence-electron chi connectivity index (χ4n) is 1.47. The van der Waals surface area contributed by atoms with Crippen LogP contribution >= 0.6 is 0 Å². The van der Waals surface area contributed by atoms with Crippen molar-refractivity contribution in [1.29, 1.82) is 0 Å². The van der Waals surface area contributed by atoms with E-state index in [2.05, 4.69) is 11.8 Å². The summed E-state index contributed by atoms with van der Waals surface area (Å²) in [7, 11) is 1.60. The van der Waals surface area contributed by atoms with Crippen LogP contribution in [0.15, 0.2) is 30.3 Å². The third-order valence-corrected chi connectivity index (χ3v) is 2.22. The molecule has 0 aliphatic heterocycles. The summed E-state index contributed by atoms with van der Waals surface area (Å²) in [5.74, 6) is 5.62. The standard InChI is InChI=1S/C13H16O2/c1-3-4-10-12(14)13(15-2)11-8-6-5-7-9-11/h5-9,12-14H,10H2,1-2H3. The molecular weight excluding hydrogens is 188 g/mol. The maximum atomic E-state index is 9.87. The molecule has 0 radical (unpaired) electrons. The number of benzene rings is 1. The lowest BCUT2D eigenvalue weighted by atomic mass is 10.0. The molecule has 0 heterocycles. The van der Waals surface area contributed by atoms with Gasteiger partial charge >= 0.3 is 0 Å². The van der Waals surface area contributed by atoms with Gasteiger partial charge in [0.25, 0.3) is 0 Å². The second-order valence-corrected chi connectivity index (χ2v) is 3.27. The minimum absolute atomic E-state index is 0.299. The van der Waals surface area contributed by atoms with E-state index in [9.17, 15) is 5.11 Å². The van der Waals surface area contributed by atoms with E-state index in [1.807, 2.05) is 30.3 Å². The molecule has 2 heteroatoms. The van der Waals surface area contributed by atoms with Crippen LogP contribution in [-0.2, 0) is 4.74 Å². The second-order valence-electron chi connectivity index (χ2n) is 3.27. The van der Waals surface area contributed by atoms with E-state index in [1.165, 1.54) is 0 Å². The van der Waals surface area contributed by atoms with Crippen molar-refractivity contribution in [2.45, 2.75) is 25.6 Å². The van der Waals surface area contributed by atoms with E-state index >= 15 is 0 Å². The highest BCUT2D eigenvalue weighted by atomic mass is 16.5. The molecule has 80 valence electrons. The van der Waals surface area contributed by atoms with Crippen molar-refractivity contribution in [2.75, 3.05) is 7.11 Å². The Morgan fingerprint density at radius 2 is 2.00 bits per heavy atom. The zero-order chi connectivity index (χ0) is 11.1. The Morgan fingerprint density at radius 1 is 1.33 bits per heavy atom. The second kappa shape index (κ2) is 6.23. The first-order valence-corrected chi connectivity index (χ1v) is 4.95. The van der Waals surface area contributed by atoms with Crippen LogP contribution in [-0.4, -0.2) is 18.3 Å². The lowest BCUT2D eigenvalue weighted by Crippen LogP contribution is -2.19. The molecular formula is C13H16O2. The highest BCUT2D eigenvalue weighted by Gasteiger charge is 2.19. The lowest BCUT2D eigenvalue weighted by Gasteiger charge is -2.20. The van der Waals surface area contributed by atoms with Crippen LogP contribution in [0.3, 0.4) is 0 Å². The molecule has 0 fully saturated rings. The average molecular weight is 204 g/mol. The van der Waals surface area contributed by atoms with Gasteiger partial charge in [-0.15, -0.1) is 11.8 Å². The van der Waals surface area contributed by atoms with Crippen LogP contribution in [0.2, 0.25) is 0 Å². The van der Waals surface area contributed by atoms with Gasteiger partial charge in [-0.05, 0) is 12.5 Å². The highest BCUT2D eigenvalue weighted by Crippen LogP contribution is 2.21. The number of rotatable bonds is 4. The lowest BCUT2D eigenvalue weighted by molar-refractivity contribution is -0.0105.